The molecule has 2 aliphatic rings. The van der Waals surface area contributed by atoms with Gasteiger partial charge in [0.05, 0.1) is 17.5 Å². The maximum absolute atomic E-state index is 12.7. The Morgan fingerprint density at radius 2 is 1.93 bits per heavy atom. The van der Waals surface area contributed by atoms with E-state index in [2.05, 4.69) is 10.00 Å². The topological polar surface area (TPSA) is 50.6 Å². The van der Waals surface area contributed by atoms with Crippen molar-refractivity contribution >= 4 is 12.0 Å². The number of hydrogen-bond donors (Lipinski definition) is 0. The van der Waals surface area contributed by atoms with Crippen molar-refractivity contribution in [3.05, 3.63) is 53.4 Å². The molecule has 29 heavy (non-hydrogen) atoms. The maximum Gasteiger partial charge on any atom is 0.246 e. The fourth-order valence-electron chi connectivity index (χ4n) is 4.20. The number of piperazine rings is 1. The second-order valence-electron chi connectivity index (χ2n) is 7.93. The van der Waals surface area contributed by atoms with Crippen molar-refractivity contribution in [1.82, 2.24) is 19.6 Å². The Labute approximate surface area is 172 Å². The molecule has 2 fully saturated rings. The van der Waals surface area contributed by atoms with E-state index in [0.717, 1.165) is 68.4 Å². The van der Waals surface area contributed by atoms with Gasteiger partial charge in [-0.15, -0.1) is 0 Å². The molecule has 2 aliphatic heterocycles. The number of rotatable bonds is 5. The van der Waals surface area contributed by atoms with E-state index in [1.165, 1.54) is 6.42 Å². The summed E-state index contributed by atoms with van der Waals surface area (Å²) in [5, 5.41) is 4.65. The van der Waals surface area contributed by atoms with Crippen LogP contribution in [0.3, 0.4) is 0 Å². The van der Waals surface area contributed by atoms with Crippen LogP contribution in [0.1, 0.15) is 29.8 Å². The number of amides is 1. The van der Waals surface area contributed by atoms with Crippen molar-refractivity contribution in [3.63, 3.8) is 0 Å². The largest absolute Gasteiger partial charge is 0.377 e. The van der Waals surface area contributed by atoms with Crippen LogP contribution >= 0.6 is 0 Å². The third kappa shape index (κ3) is 4.60. The number of carbonyl (C=O) groups is 1. The molecule has 0 radical (unpaired) electrons. The molecule has 1 atom stereocenters. The fourth-order valence-corrected chi connectivity index (χ4v) is 4.20. The second-order valence-corrected chi connectivity index (χ2v) is 7.93. The number of para-hydroxylation sites is 1. The third-order valence-electron chi connectivity index (χ3n) is 5.91. The van der Waals surface area contributed by atoms with Gasteiger partial charge in [0, 0.05) is 56.7 Å². The highest BCUT2D eigenvalue weighted by atomic mass is 16.5. The van der Waals surface area contributed by atoms with Crippen LogP contribution in [0.25, 0.3) is 11.8 Å². The Bertz CT molecular complexity index is 861. The van der Waals surface area contributed by atoms with Crippen molar-refractivity contribution in [3.8, 4) is 5.69 Å². The number of aryl methyl sites for hydroxylation is 1. The molecule has 3 heterocycles. The van der Waals surface area contributed by atoms with Crippen LogP contribution in [0.5, 0.6) is 0 Å². The first-order valence-corrected chi connectivity index (χ1v) is 10.5. The molecule has 0 spiro atoms. The molecule has 6 nitrogen and oxygen atoms in total. The number of ether oxygens (including phenoxy) is 1. The zero-order valence-corrected chi connectivity index (χ0v) is 17.4. The number of benzene rings is 1. The lowest BCUT2D eigenvalue weighted by Crippen LogP contribution is -2.50. The van der Waals surface area contributed by atoms with Gasteiger partial charge in [-0.2, -0.15) is 5.10 Å². The van der Waals surface area contributed by atoms with Crippen LogP contribution < -0.4 is 0 Å². The maximum atomic E-state index is 12.7. The quantitative estimate of drug-likeness (QED) is 0.732. The summed E-state index contributed by atoms with van der Waals surface area (Å²) in [7, 11) is 0. The Morgan fingerprint density at radius 1 is 1.17 bits per heavy atom. The van der Waals surface area contributed by atoms with Crippen LogP contribution in [-0.4, -0.2) is 70.9 Å². The minimum atomic E-state index is 0.0769. The summed E-state index contributed by atoms with van der Waals surface area (Å²) < 4.78 is 7.67. The first-order valence-electron chi connectivity index (χ1n) is 10.5. The van der Waals surface area contributed by atoms with Crippen molar-refractivity contribution < 1.29 is 9.53 Å². The summed E-state index contributed by atoms with van der Waals surface area (Å²) in [6, 6.07) is 10.1. The molecular formula is C23H30N4O2. The first-order chi connectivity index (χ1) is 14.1. The number of nitrogens with zero attached hydrogens (tertiary/aromatic N) is 4. The van der Waals surface area contributed by atoms with E-state index in [9.17, 15) is 4.79 Å². The predicted octanol–water partition coefficient (Wildman–Crippen LogP) is 2.83. The smallest absolute Gasteiger partial charge is 0.246 e. The molecule has 0 saturated carbocycles. The van der Waals surface area contributed by atoms with E-state index in [4.69, 9.17) is 4.74 Å². The van der Waals surface area contributed by atoms with Crippen molar-refractivity contribution in [2.75, 3.05) is 39.3 Å². The van der Waals surface area contributed by atoms with Gasteiger partial charge in [0.1, 0.15) is 0 Å². The minimum Gasteiger partial charge on any atom is -0.377 e. The highest BCUT2D eigenvalue weighted by molar-refractivity contribution is 5.92. The zero-order valence-electron chi connectivity index (χ0n) is 17.4. The number of hydrogen-bond acceptors (Lipinski definition) is 4. The average molecular weight is 395 g/mol. The monoisotopic (exact) mass is 394 g/mol. The third-order valence-corrected chi connectivity index (χ3v) is 5.91. The minimum absolute atomic E-state index is 0.0769. The van der Waals surface area contributed by atoms with Crippen LogP contribution in [-0.2, 0) is 9.53 Å². The van der Waals surface area contributed by atoms with Crippen molar-refractivity contribution in [2.24, 2.45) is 0 Å². The fraction of sp³-hybridized carbons (Fsp3) is 0.478. The van der Waals surface area contributed by atoms with E-state index < -0.39 is 0 Å². The Hall–Kier alpha value is -2.44. The summed E-state index contributed by atoms with van der Waals surface area (Å²) >= 11 is 0. The molecule has 1 aromatic heterocycles. The molecule has 1 amide bonds. The molecule has 6 heteroatoms. The molecule has 2 aromatic rings. The number of aromatic nitrogens is 2. The van der Waals surface area contributed by atoms with Crippen molar-refractivity contribution in [2.45, 2.75) is 32.8 Å². The van der Waals surface area contributed by atoms with Gasteiger partial charge in [0.2, 0.25) is 5.91 Å². The van der Waals surface area contributed by atoms with Gasteiger partial charge in [-0.3, -0.25) is 9.69 Å². The summed E-state index contributed by atoms with van der Waals surface area (Å²) in [6.07, 6.45) is 6.33. The zero-order chi connectivity index (χ0) is 20.2. The van der Waals surface area contributed by atoms with E-state index in [0.29, 0.717) is 6.10 Å². The lowest BCUT2D eigenvalue weighted by atomic mass is 10.1. The summed E-state index contributed by atoms with van der Waals surface area (Å²) in [6.45, 7) is 9.31. The average Bonchev–Trinajstić information content (AvgIpc) is 3.35. The molecule has 0 aliphatic carbocycles. The molecule has 154 valence electrons. The van der Waals surface area contributed by atoms with Gasteiger partial charge in [-0.05, 0) is 44.9 Å². The number of carbonyl (C=O) groups excluding carboxylic acids is 1. The molecule has 2 saturated heterocycles. The molecule has 1 unspecified atom stereocenters. The van der Waals surface area contributed by atoms with E-state index in [1.54, 1.807) is 6.08 Å². The van der Waals surface area contributed by atoms with E-state index in [-0.39, 0.29) is 5.91 Å². The molecular weight excluding hydrogens is 364 g/mol. The van der Waals surface area contributed by atoms with E-state index >= 15 is 0 Å². The predicted molar refractivity (Wildman–Crippen MR) is 114 cm³/mol. The molecule has 0 N–H and O–H groups in total. The van der Waals surface area contributed by atoms with Crippen LogP contribution in [0.2, 0.25) is 0 Å². The van der Waals surface area contributed by atoms with Crippen molar-refractivity contribution in [1.29, 1.82) is 0 Å². The lowest BCUT2D eigenvalue weighted by molar-refractivity contribution is -0.127. The normalized spacial score (nSPS) is 20.6. The SMILES string of the molecule is Cc1nn(-c2ccccc2)c(C)c1C=CC(=O)N1CCN(CC2CCCO2)CC1. The van der Waals surface area contributed by atoms with Gasteiger partial charge < -0.3 is 9.64 Å². The summed E-state index contributed by atoms with van der Waals surface area (Å²) in [5.41, 5.74) is 4.01. The van der Waals surface area contributed by atoms with Crippen LogP contribution in [0.15, 0.2) is 36.4 Å². The summed E-state index contributed by atoms with van der Waals surface area (Å²) in [4.78, 5) is 17.0. The van der Waals surface area contributed by atoms with Gasteiger partial charge in [0.15, 0.2) is 0 Å². The lowest BCUT2D eigenvalue weighted by Gasteiger charge is -2.35. The van der Waals surface area contributed by atoms with Gasteiger partial charge in [0.25, 0.3) is 0 Å². The summed E-state index contributed by atoms with van der Waals surface area (Å²) in [5.74, 6) is 0.0769. The molecule has 1 aromatic carbocycles. The van der Waals surface area contributed by atoms with E-state index in [1.807, 2.05) is 59.8 Å². The Kier molecular flexibility index (Phi) is 6.11. The van der Waals surface area contributed by atoms with Gasteiger partial charge >= 0.3 is 0 Å². The highest BCUT2D eigenvalue weighted by Crippen LogP contribution is 2.19. The molecule has 4 rings (SSSR count). The van der Waals surface area contributed by atoms with Gasteiger partial charge in [-0.25, -0.2) is 4.68 Å². The highest BCUT2D eigenvalue weighted by Gasteiger charge is 2.24. The standard InChI is InChI=1S/C23H30N4O2/c1-18-22(19(2)27(24-18)20-7-4-3-5-8-20)10-11-23(28)26-14-12-25(13-15-26)17-21-9-6-16-29-21/h3-5,7-8,10-11,21H,6,9,12-17H2,1-2H3. The first kappa shape index (κ1) is 19.9. The van der Waals surface area contributed by atoms with Crippen LogP contribution in [0.4, 0.5) is 0 Å². The van der Waals surface area contributed by atoms with Crippen LogP contribution in [0, 0.1) is 13.8 Å². The van der Waals surface area contributed by atoms with Gasteiger partial charge in [-0.1, -0.05) is 18.2 Å². The Morgan fingerprint density at radius 3 is 2.62 bits per heavy atom. The molecule has 0 bridgehead atoms. The second kappa shape index (κ2) is 8.93. The Balaban J connectivity index is 1.36.